The van der Waals surface area contributed by atoms with Crippen LogP contribution < -0.4 is 0 Å². The molecule has 1 rings (SSSR count). The first-order valence-electron chi connectivity index (χ1n) is 8.57. The molecule has 3 nitrogen and oxygen atoms in total. The summed E-state index contributed by atoms with van der Waals surface area (Å²) in [4.78, 5) is 23.2. The number of ketones is 1. The lowest BCUT2D eigenvalue weighted by Crippen LogP contribution is -2.27. The third-order valence-electron chi connectivity index (χ3n) is 4.01. The fourth-order valence-electron chi connectivity index (χ4n) is 2.52. The number of unbranched alkanes of at least 4 members (excludes halogenated alkanes) is 3. The van der Waals surface area contributed by atoms with E-state index in [1.54, 1.807) is 0 Å². The van der Waals surface area contributed by atoms with Crippen LogP contribution in [0.4, 0.5) is 0 Å². The van der Waals surface area contributed by atoms with Crippen molar-refractivity contribution in [2.24, 2.45) is 0 Å². The van der Waals surface area contributed by atoms with Crippen molar-refractivity contribution >= 4 is 46.6 Å². The van der Waals surface area contributed by atoms with Crippen LogP contribution in [0.3, 0.4) is 0 Å². The van der Waals surface area contributed by atoms with Gasteiger partial charge in [-0.2, -0.15) is 0 Å². The molecule has 0 aromatic heterocycles. The Labute approximate surface area is 165 Å². The highest BCUT2D eigenvalue weighted by molar-refractivity contribution is 6.57. The average Bonchev–Trinajstić information content (AvgIpc) is 2.59. The second-order valence-corrected chi connectivity index (χ2v) is 8.05. The van der Waals surface area contributed by atoms with E-state index in [9.17, 15) is 9.59 Å². The topological polar surface area (TPSA) is 43.4 Å². The number of rotatable bonds is 12. The number of Topliss-reactive ketones (excluding diaryl/α,β-unsaturated/α-hetero) is 1. The minimum absolute atomic E-state index is 0.284. The van der Waals surface area contributed by atoms with Crippen molar-refractivity contribution in [2.45, 2.75) is 62.1 Å². The van der Waals surface area contributed by atoms with Gasteiger partial charge >= 0.3 is 5.97 Å². The van der Waals surface area contributed by atoms with Gasteiger partial charge in [-0.3, -0.25) is 4.79 Å². The van der Waals surface area contributed by atoms with Crippen LogP contribution in [-0.2, 0) is 20.7 Å². The van der Waals surface area contributed by atoms with Crippen LogP contribution >= 0.6 is 34.8 Å². The molecule has 0 amide bonds. The summed E-state index contributed by atoms with van der Waals surface area (Å²) < 4.78 is 3.05. The maximum atomic E-state index is 11.9. The Morgan fingerprint density at radius 1 is 0.960 bits per heavy atom. The minimum Gasteiger partial charge on any atom is -0.467 e. The SMILES string of the molecule is COC(=O)C(Cl)(Cl)CCCCCC(=O)CCCCc1ccc(Cl)cc1. The van der Waals surface area contributed by atoms with Gasteiger partial charge in [0.15, 0.2) is 0 Å². The summed E-state index contributed by atoms with van der Waals surface area (Å²) in [6.45, 7) is 0. The standard InChI is InChI=1S/C19H25Cl3O3/c1-25-18(24)19(21,22)14-6-2-3-8-17(23)9-5-4-7-15-10-12-16(20)13-11-15/h10-13H,2-9,14H2,1H3. The molecule has 0 aliphatic heterocycles. The Morgan fingerprint density at radius 2 is 1.56 bits per heavy atom. The van der Waals surface area contributed by atoms with Gasteiger partial charge in [-0.1, -0.05) is 53.4 Å². The van der Waals surface area contributed by atoms with Crippen molar-refractivity contribution in [2.75, 3.05) is 7.11 Å². The number of hydrogen-bond donors (Lipinski definition) is 0. The number of methoxy groups -OCH3 is 1. The molecule has 140 valence electrons. The predicted octanol–water partition coefficient (Wildman–Crippen LogP) is 5.92. The van der Waals surface area contributed by atoms with Gasteiger partial charge in [0.1, 0.15) is 5.78 Å². The Morgan fingerprint density at radius 3 is 2.16 bits per heavy atom. The Balaban J connectivity index is 2.05. The lowest BCUT2D eigenvalue weighted by atomic mass is 10.0. The monoisotopic (exact) mass is 406 g/mol. The Bertz CT molecular complexity index is 541. The van der Waals surface area contributed by atoms with Crippen molar-refractivity contribution in [1.82, 2.24) is 0 Å². The molecular formula is C19H25Cl3O3. The quantitative estimate of drug-likeness (QED) is 0.245. The van der Waals surface area contributed by atoms with E-state index in [2.05, 4.69) is 4.74 Å². The molecule has 0 unspecified atom stereocenters. The fourth-order valence-corrected chi connectivity index (χ4v) is 3.07. The summed E-state index contributed by atoms with van der Waals surface area (Å²) in [6.07, 6.45) is 6.66. The predicted molar refractivity (Wildman–Crippen MR) is 104 cm³/mol. The number of carbonyl (C=O) groups is 2. The van der Waals surface area contributed by atoms with Gasteiger partial charge in [-0.25, -0.2) is 4.79 Å². The van der Waals surface area contributed by atoms with Crippen LogP contribution in [0.2, 0.25) is 5.02 Å². The van der Waals surface area contributed by atoms with Crippen molar-refractivity contribution in [3.8, 4) is 0 Å². The molecular weight excluding hydrogens is 383 g/mol. The van der Waals surface area contributed by atoms with Crippen molar-refractivity contribution < 1.29 is 14.3 Å². The summed E-state index contributed by atoms with van der Waals surface area (Å²) in [5, 5.41) is 0.742. The molecule has 0 bridgehead atoms. The molecule has 0 spiro atoms. The summed E-state index contributed by atoms with van der Waals surface area (Å²) in [5.41, 5.74) is 1.24. The highest BCUT2D eigenvalue weighted by atomic mass is 35.5. The van der Waals surface area contributed by atoms with E-state index in [0.29, 0.717) is 25.7 Å². The average molecular weight is 408 g/mol. The molecule has 25 heavy (non-hydrogen) atoms. The van der Waals surface area contributed by atoms with E-state index in [4.69, 9.17) is 34.8 Å². The van der Waals surface area contributed by atoms with Crippen LogP contribution in [0.25, 0.3) is 0 Å². The van der Waals surface area contributed by atoms with E-state index in [0.717, 1.165) is 37.1 Å². The first kappa shape index (κ1) is 22.3. The van der Waals surface area contributed by atoms with E-state index >= 15 is 0 Å². The number of ether oxygens (including phenoxy) is 1. The molecule has 0 saturated carbocycles. The van der Waals surface area contributed by atoms with E-state index < -0.39 is 10.3 Å². The molecule has 0 fully saturated rings. The van der Waals surface area contributed by atoms with Crippen molar-refractivity contribution in [3.05, 3.63) is 34.9 Å². The molecule has 0 N–H and O–H groups in total. The molecule has 1 aromatic carbocycles. The molecule has 0 atom stereocenters. The van der Waals surface area contributed by atoms with Gasteiger partial charge in [-0.15, -0.1) is 0 Å². The molecule has 0 aliphatic rings. The van der Waals surface area contributed by atoms with Crippen LogP contribution in [-0.4, -0.2) is 23.2 Å². The largest absolute Gasteiger partial charge is 0.467 e. The number of halogens is 3. The molecule has 0 aliphatic carbocycles. The first-order chi connectivity index (χ1) is 11.8. The Kier molecular flexibility index (Phi) is 10.5. The van der Waals surface area contributed by atoms with Gasteiger partial charge in [0.05, 0.1) is 7.11 Å². The zero-order chi connectivity index (χ0) is 18.7. The lowest BCUT2D eigenvalue weighted by molar-refractivity contribution is -0.141. The zero-order valence-electron chi connectivity index (χ0n) is 14.5. The normalized spacial score (nSPS) is 11.4. The molecule has 0 heterocycles. The van der Waals surface area contributed by atoms with Crippen LogP contribution in [0.5, 0.6) is 0 Å². The van der Waals surface area contributed by atoms with Gasteiger partial charge in [0.2, 0.25) is 4.33 Å². The first-order valence-corrected chi connectivity index (χ1v) is 9.71. The smallest absolute Gasteiger partial charge is 0.342 e. The van der Waals surface area contributed by atoms with Crippen molar-refractivity contribution in [3.63, 3.8) is 0 Å². The van der Waals surface area contributed by atoms with Gasteiger partial charge in [0, 0.05) is 17.9 Å². The van der Waals surface area contributed by atoms with Crippen LogP contribution in [0, 0.1) is 0 Å². The van der Waals surface area contributed by atoms with E-state index in [1.165, 1.54) is 12.7 Å². The van der Waals surface area contributed by atoms with Crippen LogP contribution in [0.1, 0.15) is 56.9 Å². The molecule has 0 saturated heterocycles. The number of carbonyl (C=O) groups excluding carboxylic acids is 2. The van der Waals surface area contributed by atoms with Crippen molar-refractivity contribution in [1.29, 1.82) is 0 Å². The second kappa shape index (κ2) is 11.8. The van der Waals surface area contributed by atoms with E-state index in [-0.39, 0.29) is 5.78 Å². The maximum absolute atomic E-state index is 11.9. The third-order valence-corrected chi connectivity index (χ3v) is 4.95. The highest BCUT2D eigenvalue weighted by Gasteiger charge is 2.33. The third kappa shape index (κ3) is 9.48. The van der Waals surface area contributed by atoms with Crippen LogP contribution in [0.15, 0.2) is 24.3 Å². The van der Waals surface area contributed by atoms with Gasteiger partial charge in [0.25, 0.3) is 0 Å². The molecule has 6 heteroatoms. The lowest BCUT2D eigenvalue weighted by Gasteiger charge is -2.15. The molecule has 0 radical (unpaired) electrons. The van der Waals surface area contributed by atoms with E-state index in [1.807, 2.05) is 24.3 Å². The number of alkyl halides is 2. The highest BCUT2D eigenvalue weighted by Crippen LogP contribution is 2.29. The minimum atomic E-state index is -1.49. The number of hydrogen-bond acceptors (Lipinski definition) is 3. The van der Waals surface area contributed by atoms with Gasteiger partial charge in [-0.05, 0) is 56.2 Å². The number of benzene rings is 1. The van der Waals surface area contributed by atoms with Gasteiger partial charge < -0.3 is 4.74 Å². The summed E-state index contributed by atoms with van der Waals surface area (Å²) in [6, 6.07) is 7.82. The number of aryl methyl sites for hydroxylation is 1. The second-order valence-electron chi connectivity index (χ2n) is 6.13. The summed E-state index contributed by atoms with van der Waals surface area (Å²) in [7, 11) is 1.26. The maximum Gasteiger partial charge on any atom is 0.342 e. The molecule has 1 aromatic rings. The Hall–Kier alpha value is -0.770. The zero-order valence-corrected chi connectivity index (χ0v) is 16.8. The number of esters is 1. The summed E-state index contributed by atoms with van der Waals surface area (Å²) in [5.74, 6) is -0.348. The fraction of sp³-hybridized carbons (Fsp3) is 0.579. The summed E-state index contributed by atoms with van der Waals surface area (Å²) >= 11 is 17.6.